The van der Waals surface area contributed by atoms with Crippen LogP contribution in [-0.2, 0) is 11.3 Å². The predicted molar refractivity (Wildman–Crippen MR) is 116 cm³/mol. The Kier molecular flexibility index (Phi) is 6.07. The van der Waals surface area contributed by atoms with Gasteiger partial charge in [0.2, 0.25) is 6.35 Å². The molecule has 30 heavy (non-hydrogen) atoms. The summed E-state index contributed by atoms with van der Waals surface area (Å²) >= 11 is 0. The molecular formula is C20H27N7O3. The minimum absolute atomic E-state index is 0.125. The van der Waals surface area contributed by atoms with E-state index < -0.39 is 6.35 Å². The van der Waals surface area contributed by atoms with Gasteiger partial charge in [-0.25, -0.2) is 9.98 Å². The second kappa shape index (κ2) is 8.90. The normalized spacial score (nSPS) is 19.4. The average molecular weight is 413 g/mol. The number of ether oxygens (including phenoxy) is 1. The number of allylic oxidation sites excluding steroid dienone is 1. The van der Waals surface area contributed by atoms with Crippen molar-refractivity contribution >= 4 is 28.6 Å². The van der Waals surface area contributed by atoms with Gasteiger partial charge in [0.25, 0.3) is 5.56 Å². The number of nitrogens with zero attached hydrogens (tertiary/aromatic N) is 6. The molecule has 2 aromatic heterocycles. The third-order valence-corrected chi connectivity index (χ3v) is 5.24. The molecule has 0 bridgehead atoms. The van der Waals surface area contributed by atoms with Crippen LogP contribution >= 0.6 is 0 Å². The number of hydrogen-bond donors (Lipinski definition) is 2. The zero-order valence-corrected chi connectivity index (χ0v) is 17.3. The highest BCUT2D eigenvalue weighted by Crippen LogP contribution is 2.21. The van der Waals surface area contributed by atoms with Gasteiger partial charge < -0.3 is 29.5 Å². The van der Waals surface area contributed by atoms with Crippen LogP contribution in [0.25, 0.3) is 16.6 Å². The summed E-state index contributed by atoms with van der Waals surface area (Å²) in [5.41, 5.74) is 2.64. The number of hydrogen-bond acceptors (Lipinski definition) is 9. The summed E-state index contributed by atoms with van der Waals surface area (Å²) in [5, 5.41) is 13.1. The Morgan fingerprint density at radius 2 is 2.13 bits per heavy atom. The van der Waals surface area contributed by atoms with Crippen molar-refractivity contribution in [3.8, 4) is 0 Å². The van der Waals surface area contributed by atoms with Crippen LogP contribution in [0.4, 0.5) is 5.82 Å². The van der Waals surface area contributed by atoms with Gasteiger partial charge in [0.15, 0.2) is 5.82 Å². The number of pyridine rings is 1. The quantitative estimate of drug-likeness (QED) is 0.631. The van der Waals surface area contributed by atoms with E-state index in [1.165, 1.54) is 0 Å². The van der Waals surface area contributed by atoms with Crippen LogP contribution in [0.2, 0.25) is 0 Å². The van der Waals surface area contributed by atoms with Crippen LogP contribution in [0.1, 0.15) is 12.6 Å². The number of aliphatic hydroxyl groups excluding tert-OH is 1. The minimum atomic E-state index is -0.901. The SMILES string of the molecule is CCOCCn1c(=O)c(N2CCNCC2)nc2cnc(C3=CN(C)[C@H](O)N=C3)cc21. The highest BCUT2D eigenvalue weighted by molar-refractivity contribution is 6.10. The molecule has 160 valence electrons. The summed E-state index contributed by atoms with van der Waals surface area (Å²) < 4.78 is 7.23. The number of aromatic nitrogens is 3. The Labute approximate surface area is 174 Å². The van der Waals surface area contributed by atoms with Gasteiger partial charge in [0.1, 0.15) is 5.52 Å². The van der Waals surface area contributed by atoms with Gasteiger partial charge in [0, 0.05) is 64.4 Å². The Hall–Kier alpha value is -2.82. The number of nitrogens with one attached hydrogen (secondary N) is 1. The van der Waals surface area contributed by atoms with Crippen molar-refractivity contribution in [1.29, 1.82) is 0 Å². The van der Waals surface area contributed by atoms with Gasteiger partial charge in [-0.1, -0.05) is 0 Å². The summed E-state index contributed by atoms with van der Waals surface area (Å²) in [6.07, 6.45) is 4.15. The maximum absolute atomic E-state index is 13.3. The molecule has 1 saturated heterocycles. The molecule has 2 N–H and O–H groups in total. The fraction of sp³-hybridized carbons (Fsp3) is 0.500. The monoisotopic (exact) mass is 413 g/mol. The lowest BCUT2D eigenvalue weighted by molar-refractivity contribution is 0.0632. The van der Waals surface area contributed by atoms with Crippen LogP contribution in [0.15, 0.2) is 28.3 Å². The van der Waals surface area contributed by atoms with Crippen LogP contribution in [0, 0.1) is 0 Å². The first-order chi connectivity index (χ1) is 14.6. The number of fused-ring (bicyclic) bond motifs is 1. The molecule has 4 heterocycles. The summed E-state index contributed by atoms with van der Waals surface area (Å²) in [5.74, 6) is 0.455. The molecule has 0 unspecified atom stereocenters. The van der Waals surface area contributed by atoms with E-state index in [1.807, 2.05) is 17.9 Å². The average Bonchev–Trinajstić information content (AvgIpc) is 2.77. The van der Waals surface area contributed by atoms with E-state index in [9.17, 15) is 9.90 Å². The molecule has 1 fully saturated rings. The zero-order chi connectivity index (χ0) is 21.1. The lowest BCUT2D eigenvalue weighted by atomic mass is 10.1. The fourth-order valence-corrected chi connectivity index (χ4v) is 3.60. The largest absolute Gasteiger partial charge is 0.380 e. The highest BCUT2D eigenvalue weighted by atomic mass is 16.5. The topological polar surface area (TPSA) is 108 Å². The maximum Gasteiger partial charge on any atom is 0.294 e. The smallest absolute Gasteiger partial charge is 0.294 e. The van der Waals surface area contributed by atoms with Gasteiger partial charge in [-0.3, -0.25) is 9.78 Å². The lowest BCUT2D eigenvalue weighted by Crippen LogP contribution is -2.46. The summed E-state index contributed by atoms with van der Waals surface area (Å²) in [6.45, 7) is 6.51. The van der Waals surface area contributed by atoms with E-state index in [2.05, 4.69) is 20.3 Å². The second-order valence-electron chi connectivity index (χ2n) is 7.26. The van der Waals surface area contributed by atoms with Crippen molar-refractivity contribution < 1.29 is 9.84 Å². The second-order valence-corrected chi connectivity index (χ2v) is 7.26. The van der Waals surface area contributed by atoms with Gasteiger partial charge in [-0.2, -0.15) is 0 Å². The molecular weight excluding hydrogens is 386 g/mol. The molecule has 10 heteroatoms. The predicted octanol–water partition coefficient (Wildman–Crippen LogP) is -0.129. The summed E-state index contributed by atoms with van der Waals surface area (Å²) in [7, 11) is 1.74. The molecule has 2 aliphatic rings. The van der Waals surface area contributed by atoms with Gasteiger partial charge in [-0.15, -0.1) is 0 Å². The molecule has 0 aromatic carbocycles. The van der Waals surface area contributed by atoms with E-state index in [4.69, 9.17) is 4.74 Å². The van der Waals surface area contributed by atoms with E-state index in [0.29, 0.717) is 42.3 Å². The van der Waals surface area contributed by atoms with Gasteiger partial charge in [-0.05, 0) is 13.0 Å². The molecule has 2 aromatic rings. The third-order valence-electron chi connectivity index (χ3n) is 5.24. The number of piperazine rings is 1. The highest BCUT2D eigenvalue weighted by Gasteiger charge is 2.20. The molecule has 0 radical (unpaired) electrons. The van der Waals surface area contributed by atoms with E-state index in [1.54, 1.807) is 35.1 Å². The standard InChI is InChI=1S/C20H27N7O3/c1-3-30-9-8-27-17-10-15(14-11-23-20(29)25(2)13-14)22-12-16(17)24-18(19(27)28)26-6-4-21-5-7-26/h10-13,20-21,29H,3-9H2,1-2H3/t20-/m1/s1. The molecule has 2 aliphatic heterocycles. The van der Waals surface area contributed by atoms with Crippen molar-refractivity contribution in [2.24, 2.45) is 4.99 Å². The molecule has 0 spiro atoms. The zero-order valence-electron chi connectivity index (χ0n) is 17.3. The van der Waals surface area contributed by atoms with Crippen LogP contribution in [-0.4, -0.2) is 83.5 Å². The van der Waals surface area contributed by atoms with E-state index >= 15 is 0 Å². The van der Waals surface area contributed by atoms with Crippen molar-refractivity contribution in [1.82, 2.24) is 24.8 Å². The minimum Gasteiger partial charge on any atom is -0.380 e. The first kappa shape index (κ1) is 20.5. The summed E-state index contributed by atoms with van der Waals surface area (Å²) in [6, 6.07) is 1.85. The first-order valence-electron chi connectivity index (χ1n) is 10.2. The molecule has 10 nitrogen and oxygen atoms in total. The summed E-state index contributed by atoms with van der Waals surface area (Å²) in [4.78, 5) is 30.2. The van der Waals surface area contributed by atoms with Gasteiger partial charge >= 0.3 is 0 Å². The number of anilines is 1. The lowest BCUT2D eigenvalue weighted by Gasteiger charge is -2.28. The molecule has 0 saturated carbocycles. The van der Waals surface area contributed by atoms with Crippen molar-refractivity contribution in [3.05, 3.63) is 34.5 Å². The number of aliphatic imine (C=N–C) groups is 1. The van der Waals surface area contributed by atoms with E-state index in [-0.39, 0.29) is 5.56 Å². The van der Waals surface area contributed by atoms with Crippen LogP contribution in [0.5, 0.6) is 0 Å². The number of rotatable bonds is 6. The number of aliphatic hydroxyl groups is 1. The van der Waals surface area contributed by atoms with Crippen molar-refractivity contribution in [2.75, 3.05) is 51.3 Å². The van der Waals surface area contributed by atoms with Gasteiger partial charge in [0.05, 0.1) is 24.0 Å². The Morgan fingerprint density at radius 1 is 1.33 bits per heavy atom. The Bertz CT molecular complexity index is 1030. The van der Waals surface area contributed by atoms with Crippen molar-refractivity contribution in [2.45, 2.75) is 19.8 Å². The Morgan fingerprint density at radius 3 is 2.87 bits per heavy atom. The molecule has 4 rings (SSSR count). The van der Waals surface area contributed by atoms with Crippen LogP contribution in [0.3, 0.4) is 0 Å². The Balaban J connectivity index is 1.79. The maximum atomic E-state index is 13.3. The van der Waals surface area contributed by atoms with Crippen molar-refractivity contribution in [3.63, 3.8) is 0 Å². The molecule has 0 amide bonds. The molecule has 0 aliphatic carbocycles. The van der Waals surface area contributed by atoms with Crippen LogP contribution < -0.4 is 15.8 Å². The van der Waals surface area contributed by atoms with E-state index in [0.717, 1.165) is 31.8 Å². The molecule has 1 atom stereocenters. The third kappa shape index (κ3) is 4.07. The first-order valence-corrected chi connectivity index (χ1v) is 10.2. The fourth-order valence-electron chi connectivity index (χ4n) is 3.60.